The molecule has 0 fully saturated rings. The van der Waals surface area contributed by atoms with Gasteiger partial charge in [-0.1, -0.05) is 36.4 Å². The van der Waals surface area contributed by atoms with Gasteiger partial charge in [-0.3, -0.25) is 19.1 Å². The second kappa shape index (κ2) is 7.90. The third-order valence-electron chi connectivity index (χ3n) is 4.41. The molecule has 0 radical (unpaired) electrons. The highest BCUT2D eigenvalue weighted by molar-refractivity contribution is 9.10. The number of carbonyl (C=O) groups is 1. The van der Waals surface area contributed by atoms with E-state index in [0.29, 0.717) is 24.4 Å². The maximum Gasteiger partial charge on any atom is 0.225 e. The molecule has 1 aromatic carbocycles. The van der Waals surface area contributed by atoms with Gasteiger partial charge >= 0.3 is 0 Å². The standard InChI is InChI=1S/C21H18BrN5O/c1-15(28)26(13-17-8-5-9-23-11-17)21-20-24-12-19(22)27(20)14-18(25-21)10-16-6-3-2-4-7-16/h2-9,11-12,14H,10,13H2,1H3. The molecule has 140 valence electrons. The van der Waals surface area contributed by atoms with Gasteiger partial charge in [-0.2, -0.15) is 0 Å². The maximum absolute atomic E-state index is 12.5. The average molecular weight is 436 g/mol. The molecule has 4 rings (SSSR count). The van der Waals surface area contributed by atoms with Crippen LogP contribution in [0.5, 0.6) is 0 Å². The number of anilines is 1. The number of halogens is 1. The smallest absolute Gasteiger partial charge is 0.225 e. The number of amides is 1. The second-order valence-electron chi connectivity index (χ2n) is 6.46. The van der Waals surface area contributed by atoms with E-state index in [1.807, 2.05) is 40.9 Å². The molecule has 0 atom stereocenters. The lowest BCUT2D eigenvalue weighted by molar-refractivity contribution is -0.116. The highest BCUT2D eigenvalue weighted by Crippen LogP contribution is 2.25. The summed E-state index contributed by atoms with van der Waals surface area (Å²) in [5, 5.41) is 0. The van der Waals surface area contributed by atoms with Gasteiger partial charge in [0.15, 0.2) is 11.5 Å². The Hall–Kier alpha value is -3.06. The summed E-state index contributed by atoms with van der Waals surface area (Å²) in [4.78, 5) is 27.5. The molecular weight excluding hydrogens is 418 g/mol. The van der Waals surface area contributed by atoms with E-state index < -0.39 is 0 Å². The van der Waals surface area contributed by atoms with Crippen molar-refractivity contribution in [1.29, 1.82) is 0 Å². The van der Waals surface area contributed by atoms with Crippen molar-refractivity contribution in [1.82, 2.24) is 19.4 Å². The molecule has 7 heteroatoms. The number of pyridine rings is 1. The first-order chi connectivity index (χ1) is 13.6. The first kappa shape index (κ1) is 18.3. The van der Waals surface area contributed by atoms with Crippen LogP contribution in [0.15, 0.2) is 71.9 Å². The lowest BCUT2D eigenvalue weighted by Gasteiger charge is -2.21. The molecule has 4 aromatic rings. The van der Waals surface area contributed by atoms with Crippen LogP contribution in [0.3, 0.4) is 0 Å². The number of nitrogens with zero attached hydrogens (tertiary/aromatic N) is 5. The van der Waals surface area contributed by atoms with E-state index in [1.54, 1.807) is 23.5 Å². The summed E-state index contributed by atoms with van der Waals surface area (Å²) >= 11 is 3.53. The number of carbonyl (C=O) groups excluding carboxylic acids is 1. The van der Waals surface area contributed by atoms with Crippen molar-refractivity contribution in [3.8, 4) is 0 Å². The first-order valence-electron chi connectivity index (χ1n) is 8.85. The largest absolute Gasteiger partial charge is 0.289 e. The van der Waals surface area contributed by atoms with Crippen LogP contribution in [0.4, 0.5) is 5.82 Å². The van der Waals surface area contributed by atoms with E-state index in [-0.39, 0.29) is 5.91 Å². The van der Waals surface area contributed by atoms with Crippen LogP contribution in [-0.2, 0) is 17.8 Å². The van der Waals surface area contributed by atoms with Crippen molar-refractivity contribution >= 4 is 33.3 Å². The molecule has 0 bridgehead atoms. The van der Waals surface area contributed by atoms with Gasteiger partial charge in [-0.25, -0.2) is 9.97 Å². The van der Waals surface area contributed by atoms with Gasteiger partial charge in [0.2, 0.25) is 5.91 Å². The van der Waals surface area contributed by atoms with Crippen LogP contribution < -0.4 is 4.90 Å². The average Bonchev–Trinajstić information content (AvgIpc) is 3.08. The number of fused-ring (bicyclic) bond motifs is 1. The Morgan fingerprint density at radius 2 is 1.89 bits per heavy atom. The Labute approximate surface area is 171 Å². The van der Waals surface area contributed by atoms with Crippen molar-refractivity contribution in [2.24, 2.45) is 0 Å². The molecule has 0 aliphatic rings. The molecule has 6 nitrogen and oxygen atoms in total. The minimum absolute atomic E-state index is 0.103. The first-order valence-corrected chi connectivity index (χ1v) is 9.64. The predicted molar refractivity (Wildman–Crippen MR) is 111 cm³/mol. The molecule has 1 amide bonds. The summed E-state index contributed by atoms with van der Waals surface area (Å²) in [7, 11) is 0. The molecule has 0 aliphatic heterocycles. The van der Waals surface area contributed by atoms with Crippen LogP contribution in [-0.4, -0.2) is 25.3 Å². The van der Waals surface area contributed by atoms with Crippen molar-refractivity contribution in [3.05, 3.63) is 88.7 Å². The fourth-order valence-electron chi connectivity index (χ4n) is 3.07. The van der Waals surface area contributed by atoms with Crippen LogP contribution in [0.2, 0.25) is 0 Å². The van der Waals surface area contributed by atoms with Gasteiger partial charge in [0.25, 0.3) is 0 Å². The zero-order chi connectivity index (χ0) is 19.5. The van der Waals surface area contributed by atoms with Crippen molar-refractivity contribution in [3.63, 3.8) is 0 Å². The molecule has 0 aliphatic carbocycles. The van der Waals surface area contributed by atoms with Gasteiger partial charge < -0.3 is 0 Å². The van der Waals surface area contributed by atoms with Crippen LogP contribution in [0.1, 0.15) is 23.7 Å². The number of hydrogen-bond donors (Lipinski definition) is 0. The highest BCUT2D eigenvalue weighted by atomic mass is 79.9. The number of rotatable bonds is 5. The van der Waals surface area contributed by atoms with Crippen molar-refractivity contribution in [2.45, 2.75) is 19.9 Å². The maximum atomic E-state index is 12.5. The summed E-state index contributed by atoms with van der Waals surface area (Å²) in [6, 6.07) is 13.9. The Balaban J connectivity index is 1.80. The quantitative estimate of drug-likeness (QED) is 0.474. The second-order valence-corrected chi connectivity index (χ2v) is 7.27. The molecule has 0 saturated carbocycles. The van der Waals surface area contributed by atoms with Crippen molar-refractivity contribution in [2.75, 3.05) is 4.90 Å². The molecule has 0 unspecified atom stereocenters. The van der Waals surface area contributed by atoms with E-state index in [9.17, 15) is 4.79 Å². The van der Waals surface area contributed by atoms with E-state index in [2.05, 4.69) is 38.0 Å². The predicted octanol–water partition coefficient (Wildman–Crippen LogP) is 4.03. The lowest BCUT2D eigenvalue weighted by Crippen LogP contribution is -2.29. The topological polar surface area (TPSA) is 63.4 Å². The Morgan fingerprint density at radius 1 is 1.11 bits per heavy atom. The minimum atomic E-state index is -0.103. The minimum Gasteiger partial charge on any atom is -0.289 e. The van der Waals surface area contributed by atoms with E-state index >= 15 is 0 Å². The van der Waals surface area contributed by atoms with E-state index in [4.69, 9.17) is 4.98 Å². The highest BCUT2D eigenvalue weighted by Gasteiger charge is 2.20. The van der Waals surface area contributed by atoms with Gasteiger partial charge in [0.05, 0.1) is 18.4 Å². The molecule has 0 spiro atoms. The zero-order valence-corrected chi connectivity index (χ0v) is 16.9. The molecule has 0 saturated heterocycles. The molecule has 0 N–H and O–H groups in total. The SMILES string of the molecule is CC(=O)N(Cc1cccnc1)c1nc(Cc2ccccc2)cn2c(Br)cnc12. The Morgan fingerprint density at radius 3 is 2.61 bits per heavy atom. The Bertz CT molecular complexity index is 1110. The third kappa shape index (κ3) is 3.80. The summed E-state index contributed by atoms with van der Waals surface area (Å²) in [5.74, 6) is 0.435. The number of aromatic nitrogens is 4. The normalized spacial score (nSPS) is 10.9. The number of imidazole rings is 1. The molecule has 28 heavy (non-hydrogen) atoms. The number of benzene rings is 1. The lowest BCUT2D eigenvalue weighted by atomic mass is 10.1. The van der Waals surface area contributed by atoms with Gasteiger partial charge in [0, 0.05) is 31.9 Å². The Kier molecular flexibility index (Phi) is 5.16. The van der Waals surface area contributed by atoms with Crippen molar-refractivity contribution < 1.29 is 4.79 Å². The van der Waals surface area contributed by atoms with Gasteiger partial charge in [-0.15, -0.1) is 0 Å². The molecule has 3 aromatic heterocycles. The van der Waals surface area contributed by atoms with Gasteiger partial charge in [-0.05, 0) is 33.1 Å². The third-order valence-corrected chi connectivity index (χ3v) is 4.99. The monoisotopic (exact) mass is 435 g/mol. The van der Waals surface area contributed by atoms with E-state index in [0.717, 1.165) is 21.4 Å². The summed E-state index contributed by atoms with van der Waals surface area (Å²) in [6.45, 7) is 1.92. The molecule has 3 heterocycles. The van der Waals surface area contributed by atoms with Crippen LogP contribution >= 0.6 is 15.9 Å². The summed E-state index contributed by atoms with van der Waals surface area (Å²) in [5.41, 5.74) is 3.56. The zero-order valence-electron chi connectivity index (χ0n) is 15.3. The fourth-order valence-corrected chi connectivity index (χ4v) is 3.45. The van der Waals surface area contributed by atoms with E-state index in [1.165, 1.54) is 6.92 Å². The van der Waals surface area contributed by atoms with Gasteiger partial charge in [0.1, 0.15) is 4.60 Å². The fraction of sp³-hybridized carbons (Fsp3) is 0.143. The van der Waals surface area contributed by atoms with Crippen LogP contribution in [0, 0.1) is 0 Å². The van der Waals surface area contributed by atoms with Crippen LogP contribution in [0.25, 0.3) is 5.65 Å². The summed E-state index contributed by atoms with van der Waals surface area (Å²) in [6.07, 6.45) is 7.79. The summed E-state index contributed by atoms with van der Waals surface area (Å²) < 4.78 is 2.73. The number of hydrogen-bond acceptors (Lipinski definition) is 4. The molecular formula is C21H18BrN5O.